The van der Waals surface area contributed by atoms with Gasteiger partial charge in [0.2, 0.25) is 0 Å². The fourth-order valence-corrected chi connectivity index (χ4v) is 1.71. The van der Waals surface area contributed by atoms with Gasteiger partial charge in [-0.1, -0.05) is 6.07 Å². The van der Waals surface area contributed by atoms with E-state index in [-0.39, 0.29) is 5.82 Å². The molecule has 1 aromatic carbocycles. The molecule has 0 unspecified atom stereocenters. The molecule has 0 fully saturated rings. The molecule has 2 aromatic rings. The van der Waals surface area contributed by atoms with Crippen molar-refractivity contribution in [3.8, 4) is 0 Å². The van der Waals surface area contributed by atoms with Gasteiger partial charge in [0.25, 0.3) is 0 Å². The molecule has 0 bridgehead atoms. The maximum Gasteiger partial charge on any atom is 0.158 e. The van der Waals surface area contributed by atoms with Crippen LogP contribution >= 0.6 is 0 Å². The number of nitrogen functional groups attached to an aromatic ring is 1. The van der Waals surface area contributed by atoms with E-state index < -0.39 is 0 Å². The van der Waals surface area contributed by atoms with Gasteiger partial charge >= 0.3 is 0 Å². The van der Waals surface area contributed by atoms with Crippen molar-refractivity contribution in [3.05, 3.63) is 41.5 Å². The third-order valence-electron chi connectivity index (χ3n) is 2.69. The minimum absolute atomic E-state index is 0.290. The van der Waals surface area contributed by atoms with Crippen molar-refractivity contribution in [1.82, 2.24) is 9.97 Å². The molecule has 0 amide bonds. The first-order valence-corrected chi connectivity index (χ1v) is 6.33. The number of ether oxygens (including phenoxy) is 1. The summed E-state index contributed by atoms with van der Waals surface area (Å²) in [5, 5.41) is 3.04. The summed E-state index contributed by atoms with van der Waals surface area (Å²) in [6.07, 6.45) is 0. The number of hydrogen-bond acceptors (Lipinski definition) is 5. The van der Waals surface area contributed by atoms with Crippen LogP contribution in [0.15, 0.2) is 24.3 Å². The second-order valence-corrected chi connectivity index (χ2v) is 4.32. The molecule has 0 saturated heterocycles. The van der Waals surface area contributed by atoms with Gasteiger partial charge in [-0.25, -0.2) is 14.4 Å². The van der Waals surface area contributed by atoms with Gasteiger partial charge in [0, 0.05) is 18.4 Å². The number of nitrogens with two attached hydrogens (primary N) is 1. The first-order valence-electron chi connectivity index (χ1n) is 6.33. The van der Waals surface area contributed by atoms with Crippen LogP contribution < -0.4 is 11.1 Å². The lowest BCUT2D eigenvalue weighted by Crippen LogP contribution is -2.05. The van der Waals surface area contributed by atoms with Gasteiger partial charge in [-0.3, -0.25) is 0 Å². The van der Waals surface area contributed by atoms with E-state index in [9.17, 15) is 4.39 Å². The zero-order chi connectivity index (χ0) is 14.5. The standard InChI is InChI=1S/C14H17FN4O/c1-3-20-8-14-18-12(16)7-13(19-14)17-11-6-10(15)5-4-9(11)2/h4-7H,3,8H2,1-2H3,(H3,16,17,18,19). The molecule has 0 aliphatic heterocycles. The van der Waals surface area contributed by atoms with E-state index in [0.29, 0.717) is 36.4 Å². The van der Waals surface area contributed by atoms with Crippen molar-refractivity contribution < 1.29 is 9.13 Å². The Morgan fingerprint density at radius 1 is 1.30 bits per heavy atom. The van der Waals surface area contributed by atoms with E-state index in [1.54, 1.807) is 12.1 Å². The summed E-state index contributed by atoms with van der Waals surface area (Å²) in [7, 11) is 0. The monoisotopic (exact) mass is 276 g/mol. The summed E-state index contributed by atoms with van der Waals surface area (Å²) in [6, 6.07) is 6.12. The number of anilines is 3. The van der Waals surface area contributed by atoms with Crippen LogP contribution in [0.2, 0.25) is 0 Å². The van der Waals surface area contributed by atoms with Crippen LogP contribution in [0.5, 0.6) is 0 Å². The highest BCUT2D eigenvalue weighted by atomic mass is 19.1. The van der Waals surface area contributed by atoms with Crippen LogP contribution in [-0.4, -0.2) is 16.6 Å². The van der Waals surface area contributed by atoms with E-state index >= 15 is 0 Å². The lowest BCUT2D eigenvalue weighted by molar-refractivity contribution is 0.128. The van der Waals surface area contributed by atoms with Gasteiger partial charge in [0.15, 0.2) is 5.82 Å². The van der Waals surface area contributed by atoms with Crippen molar-refractivity contribution in [3.63, 3.8) is 0 Å². The maximum atomic E-state index is 13.3. The number of aryl methyl sites for hydroxylation is 1. The van der Waals surface area contributed by atoms with Crippen molar-refractivity contribution in [1.29, 1.82) is 0 Å². The van der Waals surface area contributed by atoms with Crippen LogP contribution in [0.25, 0.3) is 0 Å². The normalized spacial score (nSPS) is 10.6. The summed E-state index contributed by atoms with van der Waals surface area (Å²) >= 11 is 0. The number of nitrogens with one attached hydrogen (secondary N) is 1. The molecule has 0 saturated carbocycles. The summed E-state index contributed by atoms with van der Waals surface area (Å²) in [5.41, 5.74) is 7.29. The fraction of sp³-hybridized carbons (Fsp3) is 0.286. The van der Waals surface area contributed by atoms with E-state index in [1.165, 1.54) is 12.1 Å². The lowest BCUT2D eigenvalue weighted by atomic mass is 10.2. The minimum atomic E-state index is -0.310. The maximum absolute atomic E-state index is 13.3. The third kappa shape index (κ3) is 3.64. The molecule has 3 N–H and O–H groups in total. The van der Waals surface area contributed by atoms with E-state index in [0.717, 1.165) is 5.56 Å². The zero-order valence-corrected chi connectivity index (χ0v) is 11.5. The van der Waals surface area contributed by atoms with Crippen molar-refractivity contribution in [2.24, 2.45) is 0 Å². The van der Waals surface area contributed by atoms with Crippen LogP contribution in [0.4, 0.5) is 21.7 Å². The Labute approximate surface area is 117 Å². The molecule has 0 aliphatic carbocycles. The third-order valence-corrected chi connectivity index (χ3v) is 2.69. The number of nitrogens with zero attached hydrogens (tertiary/aromatic N) is 2. The Morgan fingerprint density at radius 3 is 2.85 bits per heavy atom. The molecule has 0 aliphatic rings. The zero-order valence-electron chi connectivity index (χ0n) is 11.5. The minimum Gasteiger partial charge on any atom is -0.384 e. The van der Waals surface area contributed by atoms with Gasteiger partial charge in [0.05, 0.1) is 0 Å². The van der Waals surface area contributed by atoms with Crippen molar-refractivity contribution in [2.75, 3.05) is 17.7 Å². The van der Waals surface area contributed by atoms with Gasteiger partial charge in [-0.05, 0) is 31.5 Å². The van der Waals surface area contributed by atoms with E-state index in [1.807, 2.05) is 13.8 Å². The average molecular weight is 276 g/mol. The Hall–Kier alpha value is -2.21. The number of halogens is 1. The predicted octanol–water partition coefficient (Wildman–Crippen LogP) is 2.79. The van der Waals surface area contributed by atoms with E-state index in [4.69, 9.17) is 10.5 Å². The van der Waals surface area contributed by atoms with Gasteiger partial charge < -0.3 is 15.8 Å². The molecule has 1 aromatic heterocycles. The predicted molar refractivity (Wildman–Crippen MR) is 76.2 cm³/mol. The van der Waals surface area contributed by atoms with Crippen molar-refractivity contribution >= 4 is 17.3 Å². The highest BCUT2D eigenvalue weighted by molar-refractivity contribution is 5.61. The number of hydrogen-bond donors (Lipinski definition) is 2. The number of aromatic nitrogens is 2. The molecule has 0 atom stereocenters. The van der Waals surface area contributed by atoms with E-state index in [2.05, 4.69) is 15.3 Å². The van der Waals surface area contributed by atoms with Crippen LogP contribution in [0, 0.1) is 12.7 Å². The lowest BCUT2D eigenvalue weighted by Gasteiger charge is -2.10. The molecule has 1 heterocycles. The first-order chi connectivity index (χ1) is 9.58. The number of benzene rings is 1. The summed E-state index contributed by atoms with van der Waals surface area (Å²) in [4.78, 5) is 8.37. The van der Waals surface area contributed by atoms with Crippen LogP contribution in [0.3, 0.4) is 0 Å². The topological polar surface area (TPSA) is 73.1 Å². The smallest absolute Gasteiger partial charge is 0.158 e. The molecule has 2 rings (SSSR count). The molecular formula is C14H17FN4O. The quantitative estimate of drug-likeness (QED) is 0.878. The fourth-order valence-electron chi connectivity index (χ4n) is 1.71. The summed E-state index contributed by atoms with van der Waals surface area (Å²) in [5.74, 6) is 1.03. The molecule has 0 spiro atoms. The summed E-state index contributed by atoms with van der Waals surface area (Å²) in [6.45, 7) is 4.64. The molecule has 6 heteroatoms. The Bertz CT molecular complexity index is 604. The Morgan fingerprint density at radius 2 is 2.10 bits per heavy atom. The van der Waals surface area contributed by atoms with Gasteiger partial charge in [0.1, 0.15) is 24.1 Å². The van der Waals surface area contributed by atoms with Crippen molar-refractivity contribution in [2.45, 2.75) is 20.5 Å². The van der Waals surface area contributed by atoms with Gasteiger partial charge in [-0.15, -0.1) is 0 Å². The second kappa shape index (κ2) is 6.29. The first kappa shape index (κ1) is 14.2. The highest BCUT2D eigenvalue weighted by Crippen LogP contribution is 2.21. The molecule has 5 nitrogen and oxygen atoms in total. The Kier molecular flexibility index (Phi) is 4.47. The summed E-state index contributed by atoms with van der Waals surface area (Å²) < 4.78 is 18.5. The van der Waals surface area contributed by atoms with Crippen LogP contribution in [0.1, 0.15) is 18.3 Å². The molecule has 0 radical (unpaired) electrons. The highest BCUT2D eigenvalue weighted by Gasteiger charge is 2.06. The molecule has 106 valence electrons. The van der Waals surface area contributed by atoms with Crippen LogP contribution in [-0.2, 0) is 11.3 Å². The molecular weight excluding hydrogens is 259 g/mol. The second-order valence-electron chi connectivity index (χ2n) is 4.32. The SMILES string of the molecule is CCOCc1nc(N)cc(Nc2cc(F)ccc2C)n1. The van der Waals surface area contributed by atoms with Gasteiger partial charge in [-0.2, -0.15) is 0 Å². The average Bonchev–Trinajstić information content (AvgIpc) is 2.40. The molecule has 20 heavy (non-hydrogen) atoms. The largest absolute Gasteiger partial charge is 0.384 e. The Balaban J connectivity index is 2.24. The number of rotatable bonds is 5.